The minimum atomic E-state index is -1.09. The van der Waals surface area contributed by atoms with Crippen LogP contribution in [0.3, 0.4) is 0 Å². The summed E-state index contributed by atoms with van der Waals surface area (Å²) in [6.07, 6.45) is 0.708. The van der Waals surface area contributed by atoms with Gasteiger partial charge < -0.3 is 15.6 Å². The average Bonchev–Trinajstić information content (AvgIpc) is 2.42. The summed E-state index contributed by atoms with van der Waals surface area (Å²) in [5, 5.41) is 36.2. The van der Waals surface area contributed by atoms with Crippen LogP contribution in [0.2, 0.25) is 0 Å². The topological polar surface area (TPSA) is 130 Å². The van der Waals surface area contributed by atoms with Gasteiger partial charge >= 0.3 is 0 Å². The molecule has 0 amide bonds. The molecule has 1 aromatic rings. The van der Waals surface area contributed by atoms with E-state index in [2.05, 4.69) is 0 Å². The Hall–Kier alpha value is -2.77. The van der Waals surface area contributed by atoms with Crippen molar-refractivity contribution in [2.45, 2.75) is 31.6 Å². The van der Waals surface area contributed by atoms with E-state index in [-0.39, 0.29) is 0 Å². The van der Waals surface area contributed by atoms with E-state index in [4.69, 9.17) is 21.1 Å². The zero-order valence-electron chi connectivity index (χ0n) is 11.7. The molecule has 108 valence electrons. The van der Waals surface area contributed by atoms with Crippen LogP contribution >= 0.6 is 0 Å². The molecule has 7 nitrogen and oxygen atoms in total. The highest BCUT2D eigenvalue weighted by molar-refractivity contribution is 5.77. The second-order valence-corrected chi connectivity index (χ2v) is 5.31. The van der Waals surface area contributed by atoms with Crippen molar-refractivity contribution < 1.29 is 9.84 Å². The fourth-order valence-corrected chi connectivity index (χ4v) is 2.38. The third-order valence-electron chi connectivity index (χ3n) is 3.49. The van der Waals surface area contributed by atoms with E-state index in [0.717, 1.165) is 4.90 Å². The van der Waals surface area contributed by atoms with Gasteiger partial charge in [-0.1, -0.05) is 0 Å². The number of nitrogens with two attached hydrogens (primary N) is 1. The summed E-state index contributed by atoms with van der Waals surface area (Å²) in [4.78, 5) is 0.912. The first-order valence-electron chi connectivity index (χ1n) is 6.26. The zero-order valence-corrected chi connectivity index (χ0v) is 11.7. The van der Waals surface area contributed by atoms with Gasteiger partial charge in [0.05, 0.1) is 11.6 Å². The second-order valence-electron chi connectivity index (χ2n) is 5.31. The van der Waals surface area contributed by atoms with Gasteiger partial charge in [0.1, 0.15) is 23.5 Å². The van der Waals surface area contributed by atoms with Gasteiger partial charge in [0, 0.05) is 5.56 Å². The van der Waals surface area contributed by atoms with Gasteiger partial charge in [-0.2, -0.15) is 10.5 Å². The Morgan fingerprint density at radius 2 is 2.14 bits per heavy atom. The number of hydrogen-bond acceptors (Lipinski definition) is 5. The van der Waals surface area contributed by atoms with Gasteiger partial charge in [0.25, 0.3) is 0 Å². The number of hydrogen-bond donors (Lipinski definition) is 3. The molecular weight excluding hydrogens is 270 g/mol. The maximum atomic E-state index is 10.5. The lowest BCUT2D eigenvalue weighted by Crippen LogP contribution is -2.54. The normalized spacial score (nSPS) is 22.1. The highest BCUT2D eigenvalue weighted by Gasteiger charge is 2.46. The third kappa shape index (κ3) is 2.35. The van der Waals surface area contributed by atoms with Crippen molar-refractivity contribution in [1.29, 1.82) is 15.9 Å². The molecule has 21 heavy (non-hydrogen) atoms. The highest BCUT2D eigenvalue weighted by Crippen LogP contribution is 2.42. The quantitative estimate of drug-likeness (QED) is 0.303. The van der Waals surface area contributed by atoms with E-state index in [1.165, 1.54) is 6.07 Å². The molecule has 0 aliphatic carbocycles. The number of guanidine groups is 1. The van der Waals surface area contributed by atoms with E-state index in [1.807, 2.05) is 6.07 Å². The van der Waals surface area contributed by atoms with E-state index >= 15 is 0 Å². The molecule has 0 unspecified atom stereocenters. The summed E-state index contributed by atoms with van der Waals surface area (Å²) in [7, 11) is 0. The van der Waals surface area contributed by atoms with Gasteiger partial charge in [-0.3, -0.25) is 5.41 Å². The molecule has 1 aromatic carbocycles. The number of aliphatic hydroxyl groups is 1. The molecule has 7 heteroatoms. The smallest absolute Gasteiger partial charge is 0.202 e. The van der Waals surface area contributed by atoms with Crippen LogP contribution in [0, 0.1) is 28.2 Å². The Morgan fingerprint density at radius 3 is 2.67 bits per heavy atom. The van der Waals surface area contributed by atoms with Gasteiger partial charge in [0.2, 0.25) is 5.96 Å². The van der Waals surface area contributed by atoms with Gasteiger partial charge in [0.15, 0.2) is 6.19 Å². The fourth-order valence-electron chi connectivity index (χ4n) is 2.38. The molecule has 0 saturated carbocycles. The Balaban J connectivity index is 2.65. The number of nitrogens with zero attached hydrogens (tertiary/aromatic N) is 3. The molecule has 0 fully saturated rings. The third-order valence-corrected chi connectivity index (χ3v) is 3.49. The first kappa shape index (κ1) is 14.6. The summed E-state index contributed by atoms with van der Waals surface area (Å²) in [6, 6.07) is 5.86. The molecular formula is C14H15N5O2. The molecule has 1 heterocycles. The van der Waals surface area contributed by atoms with Crippen molar-refractivity contribution in [3.63, 3.8) is 0 Å². The lowest BCUT2D eigenvalue weighted by Gasteiger charge is -2.44. The Labute approximate surface area is 122 Å². The molecule has 0 saturated heterocycles. The van der Waals surface area contributed by atoms with Crippen LogP contribution in [-0.2, 0) is 0 Å². The van der Waals surface area contributed by atoms with Crippen LogP contribution < -0.4 is 10.5 Å². The Kier molecular flexibility index (Phi) is 3.46. The standard InChI is InChI=1S/C14H15N5O2/c1-14(2)12(20)11(19(7-16)13(17)18)9-5-8(6-15)3-4-10(9)21-14/h3-5,11-12,20H,1-2H3,(H3,17,18)/t11-,12+/m0/s1. The lowest BCUT2D eigenvalue weighted by atomic mass is 9.85. The van der Waals surface area contributed by atoms with Crippen molar-refractivity contribution in [3.8, 4) is 18.0 Å². The number of rotatable bonds is 1. The van der Waals surface area contributed by atoms with Crippen LogP contribution in [0.25, 0.3) is 0 Å². The fraction of sp³-hybridized carbons (Fsp3) is 0.357. The minimum absolute atomic E-state index is 0.371. The van der Waals surface area contributed by atoms with Crippen molar-refractivity contribution in [2.75, 3.05) is 0 Å². The van der Waals surface area contributed by atoms with Crippen LogP contribution in [-0.4, -0.2) is 27.7 Å². The number of benzene rings is 1. The highest BCUT2D eigenvalue weighted by atomic mass is 16.5. The monoisotopic (exact) mass is 285 g/mol. The van der Waals surface area contributed by atoms with Crippen LogP contribution in [0.1, 0.15) is 31.0 Å². The molecule has 2 rings (SSSR count). The molecule has 0 bridgehead atoms. The largest absolute Gasteiger partial charge is 0.485 e. The van der Waals surface area contributed by atoms with E-state index < -0.39 is 23.7 Å². The molecule has 1 aliphatic rings. The van der Waals surface area contributed by atoms with Crippen molar-refractivity contribution in [2.24, 2.45) is 5.73 Å². The van der Waals surface area contributed by atoms with Crippen molar-refractivity contribution in [1.82, 2.24) is 4.90 Å². The summed E-state index contributed by atoms with van der Waals surface area (Å²) >= 11 is 0. The number of nitriles is 2. The summed E-state index contributed by atoms with van der Waals surface area (Å²) in [6.45, 7) is 3.36. The van der Waals surface area contributed by atoms with Crippen LogP contribution in [0.4, 0.5) is 0 Å². The van der Waals surface area contributed by atoms with E-state index in [9.17, 15) is 10.4 Å². The Morgan fingerprint density at radius 1 is 1.48 bits per heavy atom. The predicted molar refractivity (Wildman–Crippen MR) is 74.0 cm³/mol. The number of nitrogens with one attached hydrogen (secondary N) is 1. The summed E-state index contributed by atoms with van der Waals surface area (Å²) in [5.74, 6) is -0.0247. The summed E-state index contributed by atoms with van der Waals surface area (Å²) in [5.41, 5.74) is 5.29. The molecule has 4 N–H and O–H groups in total. The zero-order chi connectivity index (χ0) is 15.8. The maximum Gasteiger partial charge on any atom is 0.202 e. The second kappa shape index (κ2) is 4.97. The van der Waals surface area contributed by atoms with E-state index in [0.29, 0.717) is 16.9 Å². The van der Waals surface area contributed by atoms with Crippen molar-refractivity contribution >= 4 is 5.96 Å². The number of fused-ring (bicyclic) bond motifs is 1. The maximum absolute atomic E-state index is 10.5. The molecule has 0 radical (unpaired) electrons. The van der Waals surface area contributed by atoms with E-state index in [1.54, 1.807) is 32.2 Å². The first-order chi connectivity index (χ1) is 9.81. The van der Waals surface area contributed by atoms with Crippen molar-refractivity contribution in [3.05, 3.63) is 29.3 Å². The van der Waals surface area contributed by atoms with Gasteiger partial charge in [-0.05, 0) is 32.0 Å². The van der Waals surface area contributed by atoms with Gasteiger partial charge in [-0.15, -0.1) is 0 Å². The van der Waals surface area contributed by atoms with Crippen LogP contribution in [0.15, 0.2) is 18.2 Å². The first-order valence-corrected chi connectivity index (χ1v) is 6.26. The number of aliphatic hydroxyl groups excluding tert-OH is 1. The molecule has 0 aromatic heterocycles. The summed E-state index contributed by atoms with van der Waals surface area (Å²) < 4.78 is 5.73. The predicted octanol–water partition coefficient (Wildman–Crippen LogP) is 0.808. The molecule has 0 spiro atoms. The average molecular weight is 285 g/mol. The Bertz CT molecular complexity index is 671. The lowest BCUT2D eigenvalue weighted by molar-refractivity contribution is -0.0751. The molecule has 2 atom stereocenters. The molecule has 1 aliphatic heterocycles. The minimum Gasteiger partial charge on any atom is -0.485 e. The number of ether oxygens (including phenoxy) is 1. The van der Waals surface area contributed by atoms with Crippen LogP contribution in [0.5, 0.6) is 5.75 Å². The van der Waals surface area contributed by atoms with Gasteiger partial charge in [-0.25, -0.2) is 4.90 Å². The SMILES string of the molecule is CC1(C)Oc2ccc(C#N)cc2[C@H](N(C#N)C(=N)N)[C@H]1O.